The van der Waals surface area contributed by atoms with Crippen molar-refractivity contribution in [1.29, 1.82) is 0 Å². The molecule has 8 heteroatoms. The molecule has 0 saturated heterocycles. The van der Waals surface area contributed by atoms with Gasteiger partial charge >= 0.3 is 5.97 Å². The largest absolute Gasteiger partial charge is 0.480 e. The number of carboxylic acid groups (broad SMARTS) is 1. The van der Waals surface area contributed by atoms with Crippen LogP contribution in [-0.2, 0) is 16.1 Å². The summed E-state index contributed by atoms with van der Waals surface area (Å²) in [6.07, 6.45) is 4.03. The number of carbonyl (C=O) groups is 1. The first-order chi connectivity index (χ1) is 17.0. The number of hydrogen-bond acceptors (Lipinski definition) is 5. The Bertz CT molecular complexity index is 1100. The summed E-state index contributed by atoms with van der Waals surface area (Å²) >= 11 is 1.53. The van der Waals surface area contributed by atoms with Gasteiger partial charge in [0, 0.05) is 23.4 Å². The van der Waals surface area contributed by atoms with Crippen LogP contribution in [0.1, 0.15) is 25.7 Å². The van der Waals surface area contributed by atoms with Gasteiger partial charge < -0.3 is 14.9 Å². The van der Waals surface area contributed by atoms with Crippen LogP contribution in [0.3, 0.4) is 0 Å². The third-order valence-corrected chi connectivity index (χ3v) is 7.35. The molecule has 0 spiro atoms. The monoisotopic (exact) mass is 498 g/mol. The summed E-state index contributed by atoms with van der Waals surface area (Å²) in [5.41, 5.74) is 3.91. The van der Waals surface area contributed by atoms with Crippen molar-refractivity contribution in [1.82, 2.24) is 9.78 Å². The predicted octanol–water partition coefficient (Wildman–Crippen LogP) is 5.35. The Hall–Kier alpha value is -2.68. The van der Waals surface area contributed by atoms with Crippen LogP contribution in [0.15, 0.2) is 59.6 Å². The van der Waals surface area contributed by atoms with Gasteiger partial charge in [-0.15, -0.1) is 11.8 Å². The molecule has 3 aromatic rings. The van der Waals surface area contributed by atoms with Gasteiger partial charge in [0.15, 0.2) is 0 Å². The van der Waals surface area contributed by atoms with E-state index < -0.39 is 5.97 Å². The van der Waals surface area contributed by atoms with Gasteiger partial charge in [-0.05, 0) is 67.3 Å². The average Bonchev–Trinajstić information content (AvgIpc) is 3.22. The zero-order valence-corrected chi connectivity index (χ0v) is 20.4. The van der Waals surface area contributed by atoms with Crippen LogP contribution in [0.5, 0.6) is 0 Å². The highest BCUT2D eigenvalue weighted by molar-refractivity contribution is 7.99. The minimum Gasteiger partial charge on any atom is -0.480 e. The first kappa shape index (κ1) is 25.4. The third kappa shape index (κ3) is 6.72. The molecule has 35 heavy (non-hydrogen) atoms. The summed E-state index contributed by atoms with van der Waals surface area (Å²) in [6, 6.07) is 16.6. The van der Waals surface area contributed by atoms with E-state index in [4.69, 9.17) is 14.9 Å². The number of aliphatic hydroxyl groups excluding tert-OH is 1. The lowest BCUT2D eigenvalue weighted by Crippen LogP contribution is -2.23. The smallest absolute Gasteiger partial charge is 0.329 e. The van der Waals surface area contributed by atoms with E-state index in [1.54, 1.807) is 12.1 Å². The number of thioether (sulfide) groups is 1. The molecule has 0 radical (unpaired) electrons. The van der Waals surface area contributed by atoms with Gasteiger partial charge in [0.2, 0.25) is 0 Å². The van der Waals surface area contributed by atoms with Crippen molar-refractivity contribution in [3.8, 4) is 22.4 Å². The highest BCUT2D eigenvalue weighted by Gasteiger charge is 2.26. The minimum atomic E-state index is -0.935. The average molecular weight is 499 g/mol. The molecular weight excluding hydrogens is 467 g/mol. The lowest BCUT2D eigenvalue weighted by molar-refractivity contribution is -0.142. The van der Waals surface area contributed by atoms with Crippen molar-refractivity contribution < 1.29 is 24.1 Å². The van der Waals surface area contributed by atoms with E-state index in [-0.39, 0.29) is 19.0 Å². The summed E-state index contributed by atoms with van der Waals surface area (Å²) in [5.74, 6) is 0.148. The van der Waals surface area contributed by atoms with Crippen LogP contribution >= 0.6 is 11.8 Å². The SMILES string of the molecule is O=C(O)COC[C@H]1CC[C@H](Cn2nc(SCCO)c(-c3ccccc3)c2-c2ccc(F)cc2)CC1. The summed E-state index contributed by atoms with van der Waals surface area (Å²) in [7, 11) is 0. The first-order valence-corrected chi connectivity index (χ1v) is 13.0. The minimum absolute atomic E-state index is 0.0611. The summed E-state index contributed by atoms with van der Waals surface area (Å²) in [6.45, 7) is 1.05. The first-order valence-electron chi connectivity index (χ1n) is 12.0. The van der Waals surface area contributed by atoms with Gasteiger partial charge in [0.25, 0.3) is 0 Å². The van der Waals surface area contributed by atoms with Gasteiger partial charge in [0.05, 0.1) is 18.9 Å². The normalized spacial score (nSPS) is 18.0. The molecule has 186 valence electrons. The molecule has 1 heterocycles. The molecule has 1 fully saturated rings. The maximum atomic E-state index is 13.7. The zero-order chi connectivity index (χ0) is 24.6. The quantitative estimate of drug-likeness (QED) is 0.347. The molecule has 4 rings (SSSR count). The van der Waals surface area contributed by atoms with E-state index in [1.807, 2.05) is 18.2 Å². The van der Waals surface area contributed by atoms with Crippen LogP contribution in [0.2, 0.25) is 0 Å². The number of aliphatic carboxylic acids is 1. The van der Waals surface area contributed by atoms with E-state index in [1.165, 1.54) is 23.9 Å². The Kier molecular flexibility index (Phi) is 8.95. The van der Waals surface area contributed by atoms with E-state index >= 15 is 0 Å². The number of benzene rings is 2. The molecule has 1 aliphatic rings. The Balaban J connectivity index is 1.61. The van der Waals surface area contributed by atoms with Crippen molar-refractivity contribution in [3.05, 3.63) is 60.4 Å². The van der Waals surface area contributed by atoms with Crippen molar-refractivity contribution in [3.63, 3.8) is 0 Å². The number of nitrogens with zero attached hydrogens (tertiary/aromatic N) is 2. The van der Waals surface area contributed by atoms with Gasteiger partial charge in [-0.25, -0.2) is 9.18 Å². The van der Waals surface area contributed by atoms with Gasteiger partial charge in [-0.2, -0.15) is 5.10 Å². The van der Waals surface area contributed by atoms with Crippen LogP contribution < -0.4 is 0 Å². The molecule has 0 atom stereocenters. The Morgan fingerprint density at radius 1 is 1.03 bits per heavy atom. The maximum Gasteiger partial charge on any atom is 0.329 e. The Labute approximate surface area is 209 Å². The highest BCUT2D eigenvalue weighted by Crippen LogP contribution is 2.41. The van der Waals surface area contributed by atoms with Gasteiger partial charge in [0.1, 0.15) is 17.5 Å². The molecule has 1 aromatic heterocycles. The second-order valence-corrected chi connectivity index (χ2v) is 10.0. The van der Waals surface area contributed by atoms with Crippen LogP contribution in [-0.4, -0.2) is 51.5 Å². The number of aliphatic hydroxyl groups is 1. The Morgan fingerprint density at radius 2 is 1.71 bits per heavy atom. The molecule has 1 saturated carbocycles. The van der Waals surface area contributed by atoms with Crippen LogP contribution in [0.4, 0.5) is 4.39 Å². The van der Waals surface area contributed by atoms with Crippen molar-refractivity contribution in [2.75, 3.05) is 25.6 Å². The third-order valence-electron chi connectivity index (χ3n) is 6.41. The lowest BCUT2D eigenvalue weighted by Gasteiger charge is -2.28. The number of ether oxygens (including phenoxy) is 1. The van der Waals surface area contributed by atoms with E-state index in [2.05, 4.69) is 16.8 Å². The summed E-state index contributed by atoms with van der Waals surface area (Å²) in [5, 5.41) is 24.1. The maximum absolute atomic E-state index is 13.7. The molecule has 0 amide bonds. The fraction of sp³-hybridized carbons (Fsp3) is 0.407. The summed E-state index contributed by atoms with van der Waals surface area (Å²) < 4.78 is 21.1. The van der Waals surface area contributed by atoms with Crippen LogP contribution in [0, 0.1) is 17.7 Å². The molecule has 0 aliphatic heterocycles. The topological polar surface area (TPSA) is 84.6 Å². The van der Waals surface area contributed by atoms with Crippen molar-refractivity contribution >= 4 is 17.7 Å². The molecule has 2 N–H and O–H groups in total. The number of aromatic nitrogens is 2. The van der Waals surface area contributed by atoms with E-state index in [0.717, 1.165) is 59.6 Å². The fourth-order valence-electron chi connectivity index (χ4n) is 4.72. The van der Waals surface area contributed by atoms with Crippen molar-refractivity contribution in [2.45, 2.75) is 37.3 Å². The second kappa shape index (κ2) is 12.3. The van der Waals surface area contributed by atoms with Crippen molar-refractivity contribution in [2.24, 2.45) is 11.8 Å². The molecule has 2 aromatic carbocycles. The second-order valence-electron chi connectivity index (χ2n) is 8.95. The zero-order valence-electron chi connectivity index (χ0n) is 19.6. The predicted molar refractivity (Wildman–Crippen MR) is 135 cm³/mol. The summed E-state index contributed by atoms with van der Waals surface area (Å²) in [4.78, 5) is 10.7. The molecule has 0 unspecified atom stereocenters. The van der Waals surface area contributed by atoms with Gasteiger partial charge in [-0.3, -0.25) is 4.68 Å². The van der Waals surface area contributed by atoms with E-state index in [0.29, 0.717) is 24.2 Å². The lowest BCUT2D eigenvalue weighted by atomic mass is 9.82. The van der Waals surface area contributed by atoms with Gasteiger partial charge in [-0.1, -0.05) is 30.3 Å². The number of rotatable bonds is 11. The standard InChI is InChI=1S/C27H31FN2O4S/c28-23-12-10-22(11-13-23)26-25(21-4-2-1-3-5-21)27(35-15-14-31)29-30(26)16-19-6-8-20(9-7-19)17-34-18-24(32)33/h1-5,10-13,19-20,31H,6-9,14-18H2,(H,32,33)/t19-,20-. The molecule has 1 aliphatic carbocycles. The molecule has 6 nitrogen and oxygen atoms in total. The highest BCUT2D eigenvalue weighted by atomic mass is 32.2. The fourth-order valence-corrected chi connectivity index (χ4v) is 5.52. The van der Waals surface area contributed by atoms with Crippen LogP contribution in [0.25, 0.3) is 22.4 Å². The number of hydrogen-bond donors (Lipinski definition) is 2. The van der Waals surface area contributed by atoms with E-state index in [9.17, 15) is 14.3 Å². The number of halogens is 1. The Morgan fingerprint density at radius 3 is 2.37 bits per heavy atom. The molecular formula is C27H31FN2O4S. The molecule has 0 bridgehead atoms. The number of carboxylic acids is 1.